The average Bonchev–Trinajstić information content (AvgIpc) is 2.82. The topological polar surface area (TPSA) is 46.3 Å². The summed E-state index contributed by atoms with van der Waals surface area (Å²) >= 11 is 0. The molecule has 0 bridgehead atoms. The van der Waals surface area contributed by atoms with Gasteiger partial charge in [-0.3, -0.25) is 4.79 Å². The van der Waals surface area contributed by atoms with Crippen LogP contribution < -0.4 is 5.73 Å². The highest BCUT2D eigenvalue weighted by Crippen LogP contribution is 2.34. The molecule has 0 saturated carbocycles. The molecule has 0 spiro atoms. The van der Waals surface area contributed by atoms with Crippen LogP contribution in [0, 0.1) is 13.8 Å². The van der Waals surface area contributed by atoms with Crippen LogP contribution in [0.15, 0.2) is 18.2 Å². The Kier molecular flexibility index (Phi) is 4.02. The van der Waals surface area contributed by atoms with Gasteiger partial charge < -0.3 is 10.6 Å². The Morgan fingerprint density at radius 2 is 2.22 bits per heavy atom. The second kappa shape index (κ2) is 5.53. The molecule has 1 aliphatic heterocycles. The summed E-state index contributed by atoms with van der Waals surface area (Å²) in [5, 5.41) is 0. The summed E-state index contributed by atoms with van der Waals surface area (Å²) in [4.78, 5) is 14.1. The van der Waals surface area contributed by atoms with E-state index in [1.54, 1.807) is 0 Å². The number of likely N-dealkylation sites (tertiary alicyclic amines) is 1. The van der Waals surface area contributed by atoms with Crippen molar-refractivity contribution in [1.82, 2.24) is 4.90 Å². The summed E-state index contributed by atoms with van der Waals surface area (Å²) < 4.78 is 0. The third kappa shape index (κ3) is 2.41. The van der Waals surface area contributed by atoms with Crippen molar-refractivity contribution in [1.29, 1.82) is 0 Å². The number of carbonyl (C=O) groups is 1. The standard InChI is InChI=1S/C15H22N2O/c1-11-5-3-6-13(12(11)2)14-7-4-10-17(14)15(18)8-9-16/h3,5-6,14H,4,7-10,16H2,1-2H3/t14-/m0/s1. The molecule has 0 unspecified atom stereocenters. The zero-order chi connectivity index (χ0) is 13.1. The molecule has 1 atom stereocenters. The zero-order valence-corrected chi connectivity index (χ0v) is 11.3. The summed E-state index contributed by atoms with van der Waals surface area (Å²) in [6.07, 6.45) is 2.62. The van der Waals surface area contributed by atoms with Gasteiger partial charge in [0, 0.05) is 19.5 Å². The number of nitrogens with two attached hydrogens (primary N) is 1. The SMILES string of the molecule is Cc1cccc([C@@H]2CCCN2C(=O)CCN)c1C. The summed E-state index contributed by atoms with van der Waals surface area (Å²) in [6, 6.07) is 6.62. The fourth-order valence-electron chi connectivity index (χ4n) is 2.79. The van der Waals surface area contributed by atoms with E-state index in [0.717, 1.165) is 19.4 Å². The minimum atomic E-state index is 0.195. The molecule has 1 heterocycles. The molecule has 1 fully saturated rings. The number of nitrogens with zero attached hydrogens (tertiary/aromatic N) is 1. The first kappa shape index (κ1) is 13.1. The number of amides is 1. The summed E-state index contributed by atoms with van der Waals surface area (Å²) in [7, 11) is 0. The van der Waals surface area contributed by atoms with E-state index in [9.17, 15) is 4.79 Å². The molecule has 1 saturated heterocycles. The van der Waals surface area contributed by atoms with E-state index >= 15 is 0 Å². The minimum Gasteiger partial charge on any atom is -0.336 e. The van der Waals surface area contributed by atoms with Crippen LogP contribution in [-0.4, -0.2) is 23.9 Å². The van der Waals surface area contributed by atoms with E-state index in [2.05, 4.69) is 32.0 Å². The van der Waals surface area contributed by atoms with Crippen molar-refractivity contribution in [2.75, 3.05) is 13.1 Å². The van der Waals surface area contributed by atoms with Crippen molar-refractivity contribution in [2.24, 2.45) is 5.73 Å². The van der Waals surface area contributed by atoms with Crippen molar-refractivity contribution in [3.63, 3.8) is 0 Å². The van der Waals surface area contributed by atoms with Crippen LogP contribution >= 0.6 is 0 Å². The molecule has 3 nitrogen and oxygen atoms in total. The van der Waals surface area contributed by atoms with Gasteiger partial charge in [0.05, 0.1) is 6.04 Å². The summed E-state index contributed by atoms with van der Waals surface area (Å²) in [5.41, 5.74) is 9.40. The van der Waals surface area contributed by atoms with Crippen molar-refractivity contribution in [3.05, 3.63) is 34.9 Å². The van der Waals surface area contributed by atoms with Crippen LogP contribution in [0.4, 0.5) is 0 Å². The molecule has 1 aliphatic rings. The predicted molar refractivity (Wildman–Crippen MR) is 73.3 cm³/mol. The van der Waals surface area contributed by atoms with Gasteiger partial charge in [-0.15, -0.1) is 0 Å². The highest BCUT2D eigenvalue weighted by atomic mass is 16.2. The molecule has 1 aromatic carbocycles. The number of hydrogen-bond acceptors (Lipinski definition) is 2. The van der Waals surface area contributed by atoms with E-state index in [0.29, 0.717) is 13.0 Å². The molecule has 0 radical (unpaired) electrons. The Labute approximate surface area is 109 Å². The largest absolute Gasteiger partial charge is 0.336 e. The van der Waals surface area contributed by atoms with Crippen LogP contribution in [0.5, 0.6) is 0 Å². The molecule has 3 heteroatoms. The van der Waals surface area contributed by atoms with Gasteiger partial charge in [-0.2, -0.15) is 0 Å². The smallest absolute Gasteiger partial charge is 0.224 e. The quantitative estimate of drug-likeness (QED) is 0.889. The first-order valence-corrected chi connectivity index (χ1v) is 6.70. The van der Waals surface area contributed by atoms with E-state index in [4.69, 9.17) is 5.73 Å². The van der Waals surface area contributed by atoms with Crippen molar-refractivity contribution < 1.29 is 4.79 Å². The van der Waals surface area contributed by atoms with Crippen molar-refractivity contribution >= 4 is 5.91 Å². The molecule has 2 N–H and O–H groups in total. The molecular weight excluding hydrogens is 224 g/mol. The summed E-state index contributed by atoms with van der Waals surface area (Å²) in [6.45, 7) is 5.58. The van der Waals surface area contributed by atoms with Gasteiger partial charge in [-0.1, -0.05) is 18.2 Å². The van der Waals surface area contributed by atoms with Crippen LogP contribution in [-0.2, 0) is 4.79 Å². The van der Waals surface area contributed by atoms with Gasteiger partial charge in [-0.05, 0) is 43.4 Å². The average molecular weight is 246 g/mol. The number of rotatable bonds is 3. The number of hydrogen-bond donors (Lipinski definition) is 1. The van der Waals surface area contributed by atoms with Crippen molar-refractivity contribution in [2.45, 2.75) is 39.2 Å². The van der Waals surface area contributed by atoms with Crippen LogP contribution in [0.25, 0.3) is 0 Å². The Bertz CT molecular complexity index is 442. The van der Waals surface area contributed by atoms with Gasteiger partial charge >= 0.3 is 0 Å². The highest BCUT2D eigenvalue weighted by Gasteiger charge is 2.30. The normalized spacial score (nSPS) is 19.3. The molecule has 0 aromatic heterocycles. The van der Waals surface area contributed by atoms with Crippen LogP contribution in [0.2, 0.25) is 0 Å². The van der Waals surface area contributed by atoms with Gasteiger partial charge in [0.15, 0.2) is 0 Å². The highest BCUT2D eigenvalue weighted by molar-refractivity contribution is 5.77. The maximum absolute atomic E-state index is 12.1. The van der Waals surface area contributed by atoms with Crippen molar-refractivity contribution in [3.8, 4) is 0 Å². The zero-order valence-electron chi connectivity index (χ0n) is 11.3. The number of benzene rings is 1. The fraction of sp³-hybridized carbons (Fsp3) is 0.533. The van der Waals surface area contributed by atoms with E-state index in [-0.39, 0.29) is 11.9 Å². The Balaban J connectivity index is 2.26. The lowest BCUT2D eigenvalue weighted by atomic mass is 9.96. The lowest BCUT2D eigenvalue weighted by Crippen LogP contribution is -2.32. The molecular formula is C15H22N2O. The summed E-state index contributed by atoms with van der Waals surface area (Å²) in [5.74, 6) is 0.195. The van der Waals surface area contributed by atoms with Crippen LogP contribution in [0.1, 0.15) is 42.0 Å². The second-order valence-corrected chi connectivity index (χ2v) is 5.07. The first-order valence-electron chi connectivity index (χ1n) is 6.70. The van der Waals surface area contributed by atoms with E-state index in [1.165, 1.54) is 16.7 Å². The maximum atomic E-state index is 12.1. The Morgan fingerprint density at radius 3 is 2.94 bits per heavy atom. The van der Waals surface area contributed by atoms with E-state index < -0.39 is 0 Å². The maximum Gasteiger partial charge on any atom is 0.224 e. The third-order valence-corrected chi connectivity index (χ3v) is 3.94. The number of carbonyl (C=O) groups excluding carboxylic acids is 1. The molecule has 1 aromatic rings. The molecule has 98 valence electrons. The predicted octanol–water partition coefficient (Wildman–Crippen LogP) is 2.32. The molecule has 18 heavy (non-hydrogen) atoms. The monoisotopic (exact) mass is 246 g/mol. The number of aryl methyl sites for hydroxylation is 1. The van der Waals surface area contributed by atoms with Gasteiger partial charge in [0.25, 0.3) is 0 Å². The second-order valence-electron chi connectivity index (χ2n) is 5.07. The van der Waals surface area contributed by atoms with Gasteiger partial charge in [0.1, 0.15) is 0 Å². The van der Waals surface area contributed by atoms with Gasteiger partial charge in [0.2, 0.25) is 5.91 Å². The first-order chi connectivity index (χ1) is 8.65. The molecule has 0 aliphatic carbocycles. The Hall–Kier alpha value is -1.35. The lowest BCUT2D eigenvalue weighted by molar-refractivity contribution is -0.131. The van der Waals surface area contributed by atoms with E-state index in [1.807, 2.05) is 4.90 Å². The van der Waals surface area contributed by atoms with Gasteiger partial charge in [-0.25, -0.2) is 0 Å². The third-order valence-electron chi connectivity index (χ3n) is 3.94. The van der Waals surface area contributed by atoms with Crippen LogP contribution in [0.3, 0.4) is 0 Å². The molecule has 1 amide bonds. The fourth-order valence-corrected chi connectivity index (χ4v) is 2.79. The minimum absolute atomic E-state index is 0.195. The lowest BCUT2D eigenvalue weighted by Gasteiger charge is -2.26. The molecule has 2 rings (SSSR count). The Morgan fingerprint density at radius 1 is 1.44 bits per heavy atom.